The summed E-state index contributed by atoms with van der Waals surface area (Å²) in [5, 5.41) is 0. The van der Waals surface area contributed by atoms with E-state index < -0.39 is 5.41 Å². The lowest BCUT2D eigenvalue weighted by atomic mass is 9.95. The molecule has 2 rings (SSSR count). The van der Waals surface area contributed by atoms with Crippen molar-refractivity contribution in [2.45, 2.75) is 57.2 Å². The van der Waals surface area contributed by atoms with E-state index in [1.165, 1.54) is 18.1 Å². The Hall–Kier alpha value is -1.29. The van der Waals surface area contributed by atoms with Gasteiger partial charge < -0.3 is 11.5 Å². The maximum atomic E-state index is 11.2. The van der Waals surface area contributed by atoms with Gasteiger partial charge in [0.2, 0.25) is 5.91 Å². The number of hydrogen-bond donors (Lipinski definition) is 2. The van der Waals surface area contributed by atoms with E-state index in [1.807, 2.05) is 18.2 Å². The normalized spacial score (nSPS) is 15.4. The Labute approximate surface area is 124 Å². The molecular formula is C16H27N2OSi. The van der Waals surface area contributed by atoms with Gasteiger partial charge >= 0.3 is 0 Å². The smallest absolute Gasteiger partial charge is 0.228 e. The van der Waals surface area contributed by atoms with Gasteiger partial charge in [0.05, 0.1) is 5.41 Å². The number of primary amides is 1. The molecule has 111 valence electrons. The molecule has 1 radical (unpaired) electrons. The number of anilines is 1. The summed E-state index contributed by atoms with van der Waals surface area (Å²) in [6.45, 7) is 6.92. The van der Waals surface area contributed by atoms with Crippen LogP contribution in [-0.4, -0.2) is 14.7 Å². The molecule has 0 aliphatic heterocycles. The van der Waals surface area contributed by atoms with Crippen molar-refractivity contribution in [1.29, 1.82) is 0 Å². The number of nitrogens with two attached hydrogens (primary N) is 2. The second-order valence-corrected chi connectivity index (χ2v) is 9.00. The van der Waals surface area contributed by atoms with Crippen LogP contribution in [0.25, 0.3) is 0 Å². The molecule has 3 nitrogen and oxygen atoms in total. The predicted octanol–water partition coefficient (Wildman–Crippen LogP) is 3.33. The fourth-order valence-corrected chi connectivity index (χ4v) is 3.89. The van der Waals surface area contributed by atoms with Gasteiger partial charge in [0.15, 0.2) is 0 Å². The van der Waals surface area contributed by atoms with E-state index in [2.05, 4.69) is 20.8 Å². The molecule has 0 atom stereocenters. The van der Waals surface area contributed by atoms with Crippen LogP contribution in [0.2, 0.25) is 18.1 Å². The van der Waals surface area contributed by atoms with Gasteiger partial charge in [-0.25, -0.2) is 0 Å². The van der Waals surface area contributed by atoms with Gasteiger partial charge in [0.1, 0.15) is 0 Å². The standard InChI is InChI=1S/C10H12N2O.C6H15Si/c11-8-3-1-2-7(6-8)10(4-5-10)9(12)13;1-4-7(5-2)6-3/h1-3,6H,4-5,11H2,(H2,12,13);4-6H2,1-3H3. The summed E-state index contributed by atoms with van der Waals surface area (Å²) in [5.41, 5.74) is 12.2. The molecule has 1 saturated carbocycles. The van der Waals surface area contributed by atoms with Gasteiger partial charge in [-0.1, -0.05) is 51.0 Å². The monoisotopic (exact) mass is 291 g/mol. The Morgan fingerprint density at radius 3 is 2.05 bits per heavy atom. The van der Waals surface area contributed by atoms with Crippen molar-refractivity contribution in [3.8, 4) is 0 Å². The summed E-state index contributed by atoms with van der Waals surface area (Å²) in [6.07, 6.45) is 1.71. The highest BCUT2D eigenvalue weighted by Crippen LogP contribution is 2.48. The summed E-state index contributed by atoms with van der Waals surface area (Å²) in [6, 6.07) is 11.8. The van der Waals surface area contributed by atoms with Crippen LogP contribution in [-0.2, 0) is 10.2 Å². The highest BCUT2D eigenvalue weighted by molar-refractivity contribution is 6.58. The quantitative estimate of drug-likeness (QED) is 0.645. The van der Waals surface area contributed by atoms with Crippen LogP contribution in [0.3, 0.4) is 0 Å². The van der Waals surface area contributed by atoms with E-state index >= 15 is 0 Å². The molecule has 0 unspecified atom stereocenters. The minimum Gasteiger partial charge on any atom is -0.399 e. The molecule has 1 aliphatic carbocycles. The SMILES string of the molecule is CC[Si](CC)CC.NC(=O)C1(c2cccc(N)c2)CC1. The van der Waals surface area contributed by atoms with Crippen molar-refractivity contribution >= 4 is 20.4 Å². The van der Waals surface area contributed by atoms with E-state index in [0.29, 0.717) is 5.69 Å². The largest absolute Gasteiger partial charge is 0.399 e. The number of rotatable bonds is 5. The van der Waals surface area contributed by atoms with Crippen molar-refractivity contribution in [3.63, 3.8) is 0 Å². The molecule has 1 aromatic rings. The third kappa shape index (κ3) is 4.10. The Kier molecular flexibility index (Phi) is 6.27. The highest BCUT2D eigenvalue weighted by Gasteiger charge is 2.49. The first kappa shape index (κ1) is 16.8. The van der Waals surface area contributed by atoms with Gasteiger partial charge in [-0.2, -0.15) is 0 Å². The van der Waals surface area contributed by atoms with E-state index in [1.54, 1.807) is 6.07 Å². The molecule has 1 aliphatic rings. The van der Waals surface area contributed by atoms with Gasteiger partial charge in [-0.15, -0.1) is 0 Å². The molecule has 0 heterocycles. The lowest BCUT2D eigenvalue weighted by Gasteiger charge is -2.11. The highest BCUT2D eigenvalue weighted by atomic mass is 28.3. The number of nitrogen functional groups attached to an aromatic ring is 1. The Morgan fingerprint density at radius 1 is 1.20 bits per heavy atom. The summed E-state index contributed by atoms with van der Waals surface area (Å²) in [5.74, 6) is -0.238. The molecule has 4 heteroatoms. The van der Waals surface area contributed by atoms with Crippen LogP contribution in [0.5, 0.6) is 0 Å². The summed E-state index contributed by atoms with van der Waals surface area (Å²) >= 11 is 0. The van der Waals surface area contributed by atoms with Gasteiger partial charge in [-0.05, 0) is 30.5 Å². The Bertz CT molecular complexity index is 434. The maximum Gasteiger partial charge on any atom is 0.228 e. The zero-order chi connectivity index (χ0) is 15.2. The number of carbonyl (C=O) groups is 1. The molecule has 1 amide bonds. The minimum absolute atomic E-state index is 0.137. The van der Waals surface area contributed by atoms with Gasteiger partial charge in [0, 0.05) is 14.5 Å². The van der Waals surface area contributed by atoms with Crippen molar-refractivity contribution < 1.29 is 4.79 Å². The minimum atomic E-state index is -0.407. The van der Waals surface area contributed by atoms with Crippen molar-refractivity contribution in [2.75, 3.05) is 5.73 Å². The second kappa shape index (κ2) is 7.48. The molecule has 0 bridgehead atoms. The lowest BCUT2D eigenvalue weighted by Crippen LogP contribution is -2.28. The third-order valence-electron chi connectivity index (χ3n) is 4.16. The number of carbonyl (C=O) groups excluding carboxylic acids is 1. The van der Waals surface area contributed by atoms with E-state index in [0.717, 1.165) is 18.4 Å². The predicted molar refractivity (Wildman–Crippen MR) is 88.2 cm³/mol. The van der Waals surface area contributed by atoms with Crippen LogP contribution in [0.1, 0.15) is 39.2 Å². The molecule has 0 aromatic heterocycles. The van der Waals surface area contributed by atoms with E-state index in [-0.39, 0.29) is 14.7 Å². The summed E-state index contributed by atoms with van der Waals surface area (Å²) in [4.78, 5) is 11.2. The third-order valence-corrected chi connectivity index (χ3v) is 7.16. The summed E-state index contributed by atoms with van der Waals surface area (Å²) in [7, 11) is 0.137. The first-order valence-electron chi connectivity index (χ1n) is 7.49. The number of benzene rings is 1. The van der Waals surface area contributed by atoms with Gasteiger partial charge in [-0.3, -0.25) is 4.79 Å². The zero-order valence-electron chi connectivity index (χ0n) is 12.9. The van der Waals surface area contributed by atoms with Crippen LogP contribution in [0.4, 0.5) is 5.69 Å². The average Bonchev–Trinajstić information content (AvgIpc) is 3.23. The zero-order valence-corrected chi connectivity index (χ0v) is 13.9. The maximum absolute atomic E-state index is 11.2. The van der Waals surface area contributed by atoms with Crippen LogP contribution < -0.4 is 11.5 Å². The Balaban J connectivity index is 0.000000246. The second-order valence-electron chi connectivity index (χ2n) is 5.38. The topological polar surface area (TPSA) is 69.1 Å². The van der Waals surface area contributed by atoms with Crippen LogP contribution >= 0.6 is 0 Å². The van der Waals surface area contributed by atoms with Crippen LogP contribution in [0.15, 0.2) is 24.3 Å². The molecular weight excluding hydrogens is 264 g/mol. The molecule has 20 heavy (non-hydrogen) atoms. The molecule has 0 spiro atoms. The van der Waals surface area contributed by atoms with Crippen LogP contribution in [0, 0.1) is 0 Å². The average molecular weight is 291 g/mol. The Morgan fingerprint density at radius 2 is 1.75 bits per heavy atom. The number of amides is 1. The fraction of sp³-hybridized carbons (Fsp3) is 0.562. The van der Waals surface area contributed by atoms with Crippen molar-refractivity contribution in [1.82, 2.24) is 0 Å². The number of hydrogen-bond acceptors (Lipinski definition) is 2. The van der Waals surface area contributed by atoms with E-state index in [4.69, 9.17) is 11.5 Å². The molecule has 4 N–H and O–H groups in total. The molecule has 1 aromatic carbocycles. The van der Waals surface area contributed by atoms with Crippen molar-refractivity contribution in [3.05, 3.63) is 29.8 Å². The van der Waals surface area contributed by atoms with Gasteiger partial charge in [0.25, 0.3) is 0 Å². The van der Waals surface area contributed by atoms with E-state index in [9.17, 15) is 4.79 Å². The summed E-state index contributed by atoms with van der Waals surface area (Å²) < 4.78 is 0. The fourth-order valence-electron chi connectivity index (χ4n) is 2.39. The molecule has 1 fully saturated rings. The first-order valence-corrected chi connectivity index (χ1v) is 9.61. The van der Waals surface area contributed by atoms with Crippen molar-refractivity contribution in [2.24, 2.45) is 5.73 Å². The first-order chi connectivity index (χ1) is 9.50. The lowest BCUT2D eigenvalue weighted by molar-refractivity contribution is -0.120. The molecule has 0 saturated heterocycles.